The molecule has 5 heteroatoms. The first-order chi connectivity index (χ1) is 11.2. The van der Waals surface area contributed by atoms with E-state index in [9.17, 15) is 5.11 Å². The Morgan fingerprint density at radius 1 is 1.22 bits per heavy atom. The Bertz CT molecular complexity index is 615. The minimum atomic E-state index is -0.539. The van der Waals surface area contributed by atoms with Gasteiger partial charge in [0, 0.05) is 24.2 Å². The maximum Gasteiger partial charge on any atom is 0.118 e. The lowest BCUT2D eigenvalue weighted by Crippen LogP contribution is -2.41. The number of hydrogen-bond acceptors (Lipinski definition) is 4. The van der Waals surface area contributed by atoms with Crippen LogP contribution in [0.2, 0.25) is 0 Å². The molecule has 0 aliphatic heterocycles. The smallest absolute Gasteiger partial charge is 0.118 e. The second-order valence-electron chi connectivity index (χ2n) is 6.39. The molecule has 1 heterocycles. The van der Waals surface area contributed by atoms with Gasteiger partial charge in [-0.15, -0.1) is 0 Å². The SMILES string of the molecule is COc1ccc(-c2[nH]ncc2CNCC2(O)CCCCC2)cc1. The predicted octanol–water partition coefficient (Wildman–Crippen LogP) is 2.87. The lowest BCUT2D eigenvalue weighted by molar-refractivity contribution is 0.00468. The Balaban J connectivity index is 1.61. The standard InChI is InChI=1S/C18H25N3O2/c1-23-16-7-5-14(6-8-16)17-15(12-20-21-17)11-19-13-18(22)9-3-2-4-10-18/h5-8,12,19,22H,2-4,9-11,13H2,1H3,(H,20,21). The molecule has 0 atom stereocenters. The van der Waals surface area contributed by atoms with Crippen molar-refractivity contribution in [2.75, 3.05) is 13.7 Å². The number of benzene rings is 1. The topological polar surface area (TPSA) is 70.2 Å². The summed E-state index contributed by atoms with van der Waals surface area (Å²) in [7, 11) is 1.66. The molecule has 124 valence electrons. The van der Waals surface area contributed by atoms with E-state index in [1.165, 1.54) is 6.42 Å². The van der Waals surface area contributed by atoms with Crippen LogP contribution in [0.5, 0.6) is 5.75 Å². The van der Waals surface area contributed by atoms with Crippen molar-refractivity contribution in [1.82, 2.24) is 15.5 Å². The summed E-state index contributed by atoms with van der Waals surface area (Å²) in [6, 6.07) is 7.92. The summed E-state index contributed by atoms with van der Waals surface area (Å²) in [5.41, 5.74) is 2.66. The Morgan fingerprint density at radius 2 is 1.96 bits per heavy atom. The van der Waals surface area contributed by atoms with E-state index in [0.717, 1.165) is 48.3 Å². The van der Waals surface area contributed by atoms with E-state index in [0.29, 0.717) is 13.1 Å². The molecule has 0 amide bonds. The Morgan fingerprint density at radius 3 is 2.65 bits per heavy atom. The first-order valence-corrected chi connectivity index (χ1v) is 8.30. The molecule has 23 heavy (non-hydrogen) atoms. The summed E-state index contributed by atoms with van der Waals surface area (Å²) in [5.74, 6) is 0.840. The van der Waals surface area contributed by atoms with Crippen LogP contribution in [0.1, 0.15) is 37.7 Å². The normalized spacial score (nSPS) is 17.1. The van der Waals surface area contributed by atoms with Crippen LogP contribution >= 0.6 is 0 Å². The zero-order valence-electron chi connectivity index (χ0n) is 13.6. The molecule has 3 rings (SSSR count). The summed E-state index contributed by atoms with van der Waals surface area (Å²) in [6.07, 6.45) is 7.14. The quantitative estimate of drug-likeness (QED) is 0.766. The van der Waals surface area contributed by atoms with Gasteiger partial charge in [0.1, 0.15) is 5.75 Å². The van der Waals surface area contributed by atoms with Gasteiger partial charge in [0.25, 0.3) is 0 Å². The van der Waals surface area contributed by atoms with Crippen LogP contribution in [0.4, 0.5) is 0 Å². The van der Waals surface area contributed by atoms with Gasteiger partial charge in [0.15, 0.2) is 0 Å². The van der Waals surface area contributed by atoms with Crippen LogP contribution in [-0.2, 0) is 6.54 Å². The van der Waals surface area contributed by atoms with Crippen molar-refractivity contribution in [2.45, 2.75) is 44.2 Å². The molecule has 1 aromatic carbocycles. The lowest BCUT2D eigenvalue weighted by atomic mass is 9.85. The van der Waals surface area contributed by atoms with Gasteiger partial charge in [-0.05, 0) is 37.1 Å². The molecular formula is C18H25N3O2. The molecule has 1 saturated carbocycles. The molecule has 3 N–H and O–H groups in total. The first kappa shape index (κ1) is 16.0. The molecule has 1 aliphatic carbocycles. The van der Waals surface area contributed by atoms with Gasteiger partial charge in [-0.25, -0.2) is 0 Å². The van der Waals surface area contributed by atoms with Crippen molar-refractivity contribution in [2.24, 2.45) is 0 Å². The molecule has 0 saturated heterocycles. The number of hydrogen-bond donors (Lipinski definition) is 3. The molecule has 0 radical (unpaired) electrons. The fraction of sp³-hybridized carbons (Fsp3) is 0.500. The van der Waals surface area contributed by atoms with Gasteiger partial charge in [-0.1, -0.05) is 19.3 Å². The number of ether oxygens (including phenoxy) is 1. The van der Waals surface area contributed by atoms with Gasteiger partial charge in [0.05, 0.1) is 24.6 Å². The predicted molar refractivity (Wildman–Crippen MR) is 90.3 cm³/mol. The number of nitrogens with zero attached hydrogens (tertiary/aromatic N) is 1. The van der Waals surface area contributed by atoms with Crippen molar-refractivity contribution in [3.63, 3.8) is 0 Å². The highest BCUT2D eigenvalue weighted by atomic mass is 16.5. The second kappa shape index (κ2) is 7.15. The highest BCUT2D eigenvalue weighted by Crippen LogP contribution is 2.28. The minimum absolute atomic E-state index is 0.539. The molecule has 1 aromatic heterocycles. The van der Waals surface area contributed by atoms with Crippen LogP contribution < -0.4 is 10.1 Å². The van der Waals surface area contributed by atoms with Crippen molar-refractivity contribution in [3.8, 4) is 17.0 Å². The molecule has 1 fully saturated rings. The molecule has 0 unspecified atom stereocenters. The van der Waals surface area contributed by atoms with E-state index < -0.39 is 5.60 Å². The zero-order chi connectivity index (χ0) is 16.1. The number of methoxy groups -OCH3 is 1. The third kappa shape index (κ3) is 3.92. The monoisotopic (exact) mass is 315 g/mol. The summed E-state index contributed by atoms with van der Waals surface area (Å²) in [5, 5.41) is 21.2. The molecule has 0 bridgehead atoms. The fourth-order valence-electron chi connectivity index (χ4n) is 3.27. The number of aromatic nitrogens is 2. The van der Waals surface area contributed by atoms with Crippen molar-refractivity contribution < 1.29 is 9.84 Å². The Labute approximate surface area is 137 Å². The van der Waals surface area contributed by atoms with E-state index in [4.69, 9.17) is 4.74 Å². The van der Waals surface area contributed by atoms with Crippen molar-refractivity contribution in [3.05, 3.63) is 36.0 Å². The fourth-order valence-corrected chi connectivity index (χ4v) is 3.27. The van der Waals surface area contributed by atoms with Crippen LogP contribution in [0, 0.1) is 0 Å². The third-order valence-electron chi connectivity index (χ3n) is 4.65. The van der Waals surface area contributed by atoms with E-state index in [-0.39, 0.29) is 0 Å². The van der Waals surface area contributed by atoms with E-state index >= 15 is 0 Å². The number of aromatic amines is 1. The van der Waals surface area contributed by atoms with Gasteiger partial charge >= 0.3 is 0 Å². The average molecular weight is 315 g/mol. The van der Waals surface area contributed by atoms with Gasteiger partial charge in [-0.3, -0.25) is 5.10 Å². The second-order valence-corrected chi connectivity index (χ2v) is 6.39. The largest absolute Gasteiger partial charge is 0.497 e. The average Bonchev–Trinajstić information content (AvgIpc) is 3.04. The molecule has 1 aliphatic rings. The number of H-pyrrole nitrogens is 1. The maximum atomic E-state index is 10.5. The van der Waals surface area contributed by atoms with Gasteiger partial charge < -0.3 is 15.2 Å². The van der Waals surface area contributed by atoms with Crippen molar-refractivity contribution in [1.29, 1.82) is 0 Å². The highest BCUT2D eigenvalue weighted by molar-refractivity contribution is 5.63. The zero-order valence-corrected chi connectivity index (χ0v) is 13.6. The van der Waals surface area contributed by atoms with Crippen molar-refractivity contribution >= 4 is 0 Å². The third-order valence-corrected chi connectivity index (χ3v) is 4.65. The maximum absolute atomic E-state index is 10.5. The summed E-state index contributed by atoms with van der Waals surface area (Å²) in [4.78, 5) is 0. The Kier molecular flexibility index (Phi) is 4.98. The van der Waals surface area contributed by atoms with Gasteiger partial charge in [-0.2, -0.15) is 5.10 Å². The molecule has 0 spiro atoms. The van der Waals surface area contributed by atoms with Crippen LogP contribution in [0.3, 0.4) is 0 Å². The van der Waals surface area contributed by atoms with Crippen LogP contribution in [-0.4, -0.2) is 34.6 Å². The van der Waals surface area contributed by atoms with E-state index in [2.05, 4.69) is 15.5 Å². The first-order valence-electron chi connectivity index (χ1n) is 8.30. The Hall–Kier alpha value is -1.85. The summed E-state index contributed by atoms with van der Waals surface area (Å²) >= 11 is 0. The summed E-state index contributed by atoms with van der Waals surface area (Å²) in [6.45, 7) is 1.33. The van der Waals surface area contributed by atoms with E-state index in [1.807, 2.05) is 30.5 Å². The van der Waals surface area contributed by atoms with Gasteiger partial charge in [0.2, 0.25) is 0 Å². The number of nitrogens with one attached hydrogen (secondary N) is 2. The van der Waals surface area contributed by atoms with E-state index in [1.54, 1.807) is 7.11 Å². The van der Waals surface area contributed by atoms with Crippen LogP contribution in [0.15, 0.2) is 30.5 Å². The molecule has 5 nitrogen and oxygen atoms in total. The summed E-state index contributed by atoms with van der Waals surface area (Å²) < 4.78 is 5.19. The molecular weight excluding hydrogens is 290 g/mol. The van der Waals surface area contributed by atoms with Crippen LogP contribution in [0.25, 0.3) is 11.3 Å². The molecule has 2 aromatic rings. The lowest BCUT2D eigenvalue weighted by Gasteiger charge is -2.32. The minimum Gasteiger partial charge on any atom is -0.497 e. The number of rotatable bonds is 6. The highest BCUT2D eigenvalue weighted by Gasteiger charge is 2.28. The number of aliphatic hydroxyl groups is 1.